The second-order valence-electron chi connectivity index (χ2n) is 7.97. The van der Waals surface area contributed by atoms with Crippen LogP contribution in [-0.4, -0.2) is 75.2 Å². The highest BCUT2D eigenvalue weighted by Gasteiger charge is 2.24. The Bertz CT molecular complexity index is 678. The van der Waals surface area contributed by atoms with Crippen LogP contribution in [0.25, 0.3) is 0 Å². The highest BCUT2D eigenvalue weighted by Crippen LogP contribution is 2.33. The molecular weight excluding hydrogens is 470 g/mol. The van der Waals surface area contributed by atoms with E-state index in [1.807, 2.05) is 0 Å². The number of ether oxygens (including phenoxy) is 2. The van der Waals surface area contributed by atoms with Crippen molar-refractivity contribution in [3.05, 3.63) is 22.2 Å². The van der Waals surface area contributed by atoms with E-state index in [1.54, 1.807) is 26.4 Å². The minimum atomic E-state index is -0.0973. The SMILES string of the molecule is COc1cc(Br)c(C(=O)NCCCN2CCN(C3CCCCC3)CC2)cc1OC.Cl. The van der Waals surface area contributed by atoms with Crippen LogP contribution in [0.4, 0.5) is 0 Å². The molecule has 30 heavy (non-hydrogen) atoms. The maximum atomic E-state index is 12.5. The van der Waals surface area contributed by atoms with Gasteiger partial charge < -0.3 is 19.7 Å². The van der Waals surface area contributed by atoms with Crippen molar-refractivity contribution < 1.29 is 14.3 Å². The highest BCUT2D eigenvalue weighted by molar-refractivity contribution is 9.10. The maximum absolute atomic E-state index is 12.5. The number of hydrogen-bond donors (Lipinski definition) is 1. The van der Waals surface area contributed by atoms with Crippen LogP contribution in [0, 0.1) is 0 Å². The van der Waals surface area contributed by atoms with Gasteiger partial charge in [-0.15, -0.1) is 12.4 Å². The van der Waals surface area contributed by atoms with Crippen LogP contribution in [0.15, 0.2) is 16.6 Å². The summed E-state index contributed by atoms with van der Waals surface area (Å²) in [6.45, 7) is 6.37. The van der Waals surface area contributed by atoms with Crippen LogP contribution >= 0.6 is 28.3 Å². The first-order valence-corrected chi connectivity index (χ1v) is 11.6. The Labute approximate surface area is 195 Å². The lowest BCUT2D eigenvalue weighted by atomic mass is 9.94. The molecule has 3 rings (SSSR count). The molecular formula is C22H35BrClN3O3. The van der Waals surface area contributed by atoms with Crippen molar-refractivity contribution in [2.24, 2.45) is 0 Å². The molecule has 1 amide bonds. The lowest BCUT2D eigenvalue weighted by Crippen LogP contribution is -2.51. The summed E-state index contributed by atoms with van der Waals surface area (Å²) in [5, 5.41) is 3.03. The van der Waals surface area contributed by atoms with Gasteiger partial charge in [0.25, 0.3) is 5.91 Å². The Balaban J connectivity index is 0.00000320. The average Bonchev–Trinajstić information content (AvgIpc) is 2.77. The average molecular weight is 505 g/mol. The Morgan fingerprint density at radius 1 is 1.07 bits per heavy atom. The normalized spacial score (nSPS) is 18.5. The summed E-state index contributed by atoms with van der Waals surface area (Å²) in [6, 6.07) is 4.30. The number of nitrogens with zero attached hydrogens (tertiary/aromatic N) is 2. The third-order valence-corrected chi connectivity index (χ3v) is 6.81. The number of methoxy groups -OCH3 is 2. The Morgan fingerprint density at radius 2 is 1.70 bits per heavy atom. The fourth-order valence-electron chi connectivity index (χ4n) is 4.43. The van der Waals surface area contributed by atoms with Crippen molar-refractivity contribution in [3.63, 3.8) is 0 Å². The van der Waals surface area contributed by atoms with Gasteiger partial charge in [-0.1, -0.05) is 19.3 Å². The summed E-state index contributed by atoms with van der Waals surface area (Å²) in [6.07, 6.45) is 7.96. The number of nitrogens with one attached hydrogen (secondary N) is 1. The number of halogens is 2. The van der Waals surface area contributed by atoms with E-state index in [9.17, 15) is 4.79 Å². The molecule has 2 fully saturated rings. The number of carbonyl (C=O) groups is 1. The summed E-state index contributed by atoms with van der Waals surface area (Å²) in [5.74, 6) is 1.06. The van der Waals surface area contributed by atoms with Crippen LogP contribution < -0.4 is 14.8 Å². The molecule has 1 aromatic carbocycles. The smallest absolute Gasteiger partial charge is 0.252 e. The molecule has 0 spiro atoms. The predicted molar refractivity (Wildman–Crippen MR) is 126 cm³/mol. The zero-order chi connectivity index (χ0) is 20.6. The molecule has 0 aromatic heterocycles. The van der Waals surface area contributed by atoms with E-state index < -0.39 is 0 Å². The number of amides is 1. The number of piperazine rings is 1. The van der Waals surface area contributed by atoms with Gasteiger partial charge in [0.05, 0.1) is 19.8 Å². The minimum Gasteiger partial charge on any atom is -0.493 e. The molecule has 170 valence electrons. The van der Waals surface area contributed by atoms with E-state index in [0.29, 0.717) is 28.1 Å². The summed E-state index contributed by atoms with van der Waals surface area (Å²) in [5.41, 5.74) is 0.559. The van der Waals surface area contributed by atoms with Gasteiger partial charge in [0.15, 0.2) is 11.5 Å². The third-order valence-electron chi connectivity index (χ3n) is 6.15. The van der Waals surface area contributed by atoms with E-state index in [1.165, 1.54) is 45.2 Å². The first kappa shape index (κ1) is 25.2. The van der Waals surface area contributed by atoms with Gasteiger partial charge >= 0.3 is 0 Å². The highest BCUT2D eigenvalue weighted by atomic mass is 79.9. The van der Waals surface area contributed by atoms with Crippen molar-refractivity contribution in [2.75, 3.05) is 53.5 Å². The minimum absolute atomic E-state index is 0. The zero-order valence-corrected chi connectivity index (χ0v) is 20.5. The fraction of sp³-hybridized carbons (Fsp3) is 0.682. The van der Waals surface area contributed by atoms with Crippen LogP contribution in [0.2, 0.25) is 0 Å². The molecule has 0 bridgehead atoms. The zero-order valence-electron chi connectivity index (χ0n) is 18.1. The summed E-state index contributed by atoms with van der Waals surface area (Å²) >= 11 is 3.45. The van der Waals surface area contributed by atoms with Crippen molar-refractivity contribution in [1.29, 1.82) is 0 Å². The standard InChI is InChI=1S/C22H34BrN3O3.ClH/c1-28-20-15-18(19(23)16-21(20)29-2)22(27)24-9-6-10-25-11-13-26(14-12-25)17-7-4-3-5-8-17;/h15-17H,3-14H2,1-2H3,(H,24,27);1H. The molecule has 1 saturated carbocycles. The van der Waals surface area contributed by atoms with Crippen molar-refractivity contribution in [2.45, 2.75) is 44.6 Å². The van der Waals surface area contributed by atoms with Crippen LogP contribution in [0.3, 0.4) is 0 Å². The fourth-order valence-corrected chi connectivity index (χ4v) is 4.93. The van der Waals surface area contributed by atoms with Crippen LogP contribution in [0.5, 0.6) is 11.5 Å². The quantitative estimate of drug-likeness (QED) is 0.543. The van der Waals surface area contributed by atoms with Gasteiger partial charge in [-0.05, 0) is 53.9 Å². The molecule has 0 atom stereocenters. The van der Waals surface area contributed by atoms with E-state index in [0.717, 1.165) is 32.1 Å². The third kappa shape index (κ3) is 6.74. The molecule has 1 aromatic rings. The number of benzene rings is 1. The number of carbonyl (C=O) groups excluding carboxylic acids is 1. The summed E-state index contributed by atoms with van der Waals surface area (Å²) in [4.78, 5) is 17.8. The molecule has 0 radical (unpaired) electrons. The van der Waals surface area contributed by atoms with E-state index in [2.05, 4.69) is 31.0 Å². The number of rotatable bonds is 8. The molecule has 8 heteroatoms. The Hall–Kier alpha value is -1.02. The monoisotopic (exact) mass is 503 g/mol. The van der Waals surface area contributed by atoms with Gasteiger partial charge in [0, 0.05) is 43.2 Å². The molecule has 1 saturated heterocycles. The topological polar surface area (TPSA) is 54.0 Å². The van der Waals surface area contributed by atoms with Crippen LogP contribution in [-0.2, 0) is 0 Å². The van der Waals surface area contributed by atoms with E-state index >= 15 is 0 Å². The first-order chi connectivity index (χ1) is 14.1. The van der Waals surface area contributed by atoms with Crippen molar-refractivity contribution in [3.8, 4) is 11.5 Å². The molecule has 6 nitrogen and oxygen atoms in total. The van der Waals surface area contributed by atoms with Gasteiger partial charge in [-0.2, -0.15) is 0 Å². The Morgan fingerprint density at radius 3 is 2.33 bits per heavy atom. The van der Waals surface area contributed by atoms with Gasteiger partial charge in [0.1, 0.15) is 0 Å². The van der Waals surface area contributed by atoms with E-state index in [-0.39, 0.29) is 18.3 Å². The summed E-state index contributed by atoms with van der Waals surface area (Å²) in [7, 11) is 3.15. The molecule has 1 heterocycles. The van der Waals surface area contributed by atoms with Gasteiger partial charge in [-0.25, -0.2) is 0 Å². The lowest BCUT2D eigenvalue weighted by Gasteiger charge is -2.40. The Kier molecular flexibility index (Phi) is 10.7. The van der Waals surface area contributed by atoms with E-state index in [4.69, 9.17) is 9.47 Å². The first-order valence-electron chi connectivity index (χ1n) is 10.8. The molecule has 1 aliphatic heterocycles. The molecule has 0 unspecified atom stereocenters. The second-order valence-corrected chi connectivity index (χ2v) is 8.82. The lowest BCUT2D eigenvalue weighted by molar-refractivity contribution is 0.0779. The largest absolute Gasteiger partial charge is 0.493 e. The second kappa shape index (κ2) is 12.7. The molecule has 1 aliphatic carbocycles. The maximum Gasteiger partial charge on any atom is 0.252 e. The number of hydrogen-bond acceptors (Lipinski definition) is 5. The van der Waals surface area contributed by atoms with Crippen LogP contribution in [0.1, 0.15) is 48.9 Å². The molecule has 1 N–H and O–H groups in total. The van der Waals surface area contributed by atoms with Crippen molar-refractivity contribution >= 4 is 34.2 Å². The van der Waals surface area contributed by atoms with Gasteiger partial charge in [-0.3, -0.25) is 9.69 Å². The van der Waals surface area contributed by atoms with Crippen molar-refractivity contribution in [1.82, 2.24) is 15.1 Å². The van der Waals surface area contributed by atoms with Gasteiger partial charge in [0.2, 0.25) is 0 Å². The molecule has 2 aliphatic rings. The predicted octanol–water partition coefficient (Wildman–Crippen LogP) is 3.96. The summed E-state index contributed by atoms with van der Waals surface area (Å²) < 4.78 is 11.3.